The molecule has 0 aromatic heterocycles. The Morgan fingerprint density at radius 3 is 2.74 bits per heavy atom. The first-order valence-corrected chi connectivity index (χ1v) is 6.70. The molecule has 1 N–H and O–H groups in total. The second-order valence-electron chi connectivity index (χ2n) is 5.26. The van der Waals surface area contributed by atoms with E-state index in [9.17, 15) is 9.90 Å². The summed E-state index contributed by atoms with van der Waals surface area (Å²) >= 11 is 0. The molecule has 1 fully saturated rings. The van der Waals surface area contributed by atoms with Crippen molar-refractivity contribution in [3.63, 3.8) is 0 Å². The minimum atomic E-state index is -0.867. The van der Waals surface area contributed by atoms with Gasteiger partial charge in [0.25, 0.3) is 0 Å². The van der Waals surface area contributed by atoms with Gasteiger partial charge in [0.2, 0.25) is 0 Å². The monoisotopic (exact) mass is 263 g/mol. The van der Waals surface area contributed by atoms with E-state index in [1.807, 2.05) is 26.1 Å². The van der Waals surface area contributed by atoms with E-state index in [4.69, 9.17) is 4.74 Å². The molecule has 1 aliphatic heterocycles. The van der Waals surface area contributed by atoms with Crippen LogP contribution in [0.4, 0.5) is 5.69 Å². The van der Waals surface area contributed by atoms with Crippen molar-refractivity contribution in [2.45, 2.75) is 19.8 Å². The number of rotatable bonds is 4. The number of carbonyl (C=O) groups is 1. The number of aryl methyl sites for hydroxylation is 1. The Hall–Kier alpha value is -1.55. The van der Waals surface area contributed by atoms with Crippen LogP contribution in [-0.4, -0.2) is 37.9 Å². The van der Waals surface area contributed by atoms with Crippen molar-refractivity contribution >= 4 is 11.7 Å². The molecule has 0 saturated carbocycles. The third-order valence-corrected chi connectivity index (χ3v) is 3.67. The lowest BCUT2D eigenvalue weighted by Gasteiger charge is -2.29. The van der Waals surface area contributed by atoms with Crippen LogP contribution in [0.25, 0.3) is 0 Å². The Kier molecular flexibility index (Phi) is 4.43. The van der Waals surface area contributed by atoms with Crippen molar-refractivity contribution < 1.29 is 14.6 Å². The second-order valence-corrected chi connectivity index (χ2v) is 5.26. The van der Waals surface area contributed by atoms with Crippen LogP contribution in [-0.2, 0) is 4.74 Å². The van der Waals surface area contributed by atoms with E-state index in [2.05, 4.69) is 4.90 Å². The van der Waals surface area contributed by atoms with Gasteiger partial charge in [0.15, 0.2) is 0 Å². The molecule has 104 valence electrons. The van der Waals surface area contributed by atoms with E-state index >= 15 is 0 Å². The van der Waals surface area contributed by atoms with Gasteiger partial charge < -0.3 is 14.7 Å². The van der Waals surface area contributed by atoms with Gasteiger partial charge in [-0.2, -0.15) is 0 Å². The number of anilines is 1. The van der Waals surface area contributed by atoms with Crippen LogP contribution in [0.3, 0.4) is 0 Å². The molecule has 0 unspecified atom stereocenters. The number of ether oxygens (including phenoxy) is 1. The zero-order valence-electron chi connectivity index (χ0n) is 11.6. The van der Waals surface area contributed by atoms with Crippen LogP contribution in [0.2, 0.25) is 0 Å². The summed E-state index contributed by atoms with van der Waals surface area (Å²) < 4.78 is 5.36. The maximum absolute atomic E-state index is 11.3. The third-order valence-electron chi connectivity index (χ3n) is 3.67. The Morgan fingerprint density at radius 1 is 1.42 bits per heavy atom. The van der Waals surface area contributed by atoms with Gasteiger partial charge in [0.1, 0.15) is 0 Å². The van der Waals surface area contributed by atoms with Crippen molar-refractivity contribution in [2.24, 2.45) is 5.92 Å². The first-order valence-electron chi connectivity index (χ1n) is 6.70. The van der Waals surface area contributed by atoms with Crippen molar-refractivity contribution in [2.75, 3.05) is 31.7 Å². The van der Waals surface area contributed by atoms with Crippen molar-refractivity contribution in [3.05, 3.63) is 29.3 Å². The highest BCUT2D eigenvalue weighted by molar-refractivity contribution is 5.94. The summed E-state index contributed by atoms with van der Waals surface area (Å²) in [4.78, 5) is 13.3. The lowest BCUT2D eigenvalue weighted by atomic mass is 9.99. The quantitative estimate of drug-likeness (QED) is 0.907. The van der Waals surface area contributed by atoms with E-state index in [-0.39, 0.29) is 0 Å². The number of nitrogens with zero attached hydrogens (tertiary/aromatic N) is 1. The minimum absolute atomic E-state index is 0.375. The van der Waals surface area contributed by atoms with E-state index in [1.54, 1.807) is 6.07 Å². The molecule has 1 heterocycles. The van der Waals surface area contributed by atoms with Crippen molar-refractivity contribution in [1.29, 1.82) is 0 Å². The fourth-order valence-electron chi connectivity index (χ4n) is 2.55. The second kappa shape index (κ2) is 6.06. The molecule has 1 aromatic rings. The number of carboxylic acid groups (broad SMARTS) is 1. The number of benzene rings is 1. The van der Waals surface area contributed by atoms with Gasteiger partial charge in [-0.3, -0.25) is 0 Å². The Balaban J connectivity index is 2.14. The molecular weight excluding hydrogens is 242 g/mol. The predicted molar refractivity (Wildman–Crippen MR) is 75.0 cm³/mol. The zero-order chi connectivity index (χ0) is 13.8. The SMILES string of the molecule is Cc1ccc(C(=O)O)c(N(C)CC2CCOCC2)c1. The van der Waals surface area contributed by atoms with Gasteiger partial charge in [-0.1, -0.05) is 6.07 Å². The average molecular weight is 263 g/mol. The molecule has 0 atom stereocenters. The summed E-state index contributed by atoms with van der Waals surface area (Å²) in [7, 11) is 1.97. The smallest absolute Gasteiger partial charge is 0.337 e. The van der Waals surface area contributed by atoms with Crippen LogP contribution in [0.15, 0.2) is 18.2 Å². The van der Waals surface area contributed by atoms with Crippen LogP contribution in [0.5, 0.6) is 0 Å². The normalized spacial score (nSPS) is 16.3. The molecule has 0 bridgehead atoms. The maximum Gasteiger partial charge on any atom is 0.337 e. The Labute approximate surface area is 114 Å². The summed E-state index contributed by atoms with van der Waals surface area (Å²) in [5, 5.41) is 9.26. The standard InChI is InChI=1S/C15H21NO3/c1-11-3-4-13(15(17)18)14(9-11)16(2)10-12-5-7-19-8-6-12/h3-4,9,12H,5-8,10H2,1-2H3,(H,17,18). The summed E-state index contributed by atoms with van der Waals surface area (Å²) in [6.07, 6.45) is 2.11. The van der Waals surface area contributed by atoms with E-state index in [0.29, 0.717) is 11.5 Å². The lowest BCUT2D eigenvalue weighted by Crippen LogP contribution is -2.30. The highest BCUT2D eigenvalue weighted by Gasteiger charge is 2.19. The molecular formula is C15H21NO3. The van der Waals surface area contributed by atoms with E-state index in [1.165, 1.54) is 0 Å². The molecule has 1 aliphatic rings. The van der Waals surface area contributed by atoms with E-state index in [0.717, 1.165) is 43.9 Å². The molecule has 1 aromatic carbocycles. The fourth-order valence-corrected chi connectivity index (χ4v) is 2.55. The number of carboxylic acids is 1. The van der Waals surface area contributed by atoms with Gasteiger partial charge in [0.05, 0.1) is 11.3 Å². The van der Waals surface area contributed by atoms with Crippen LogP contribution in [0, 0.1) is 12.8 Å². The van der Waals surface area contributed by atoms with Crippen molar-refractivity contribution in [1.82, 2.24) is 0 Å². The molecule has 2 rings (SSSR count). The number of hydrogen-bond donors (Lipinski definition) is 1. The van der Waals surface area contributed by atoms with Gasteiger partial charge >= 0.3 is 5.97 Å². The summed E-state index contributed by atoms with van der Waals surface area (Å²) in [5.74, 6) is -0.283. The largest absolute Gasteiger partial charge is 0.478 e. The molecule has 0 aliphatic carbocycles. The highest BCUT2D eigenvalue weighted by atomic mass is 16.5. The van der Waals surface area contributed by atoms with Gasteiger partial charge in [-0.15, -0.1) is 0 Å². The summed E-state index contributed by atoms with van der Waals surface area (Å²) in [5.41, 5.74) is 2.26. The first kappa shape index (κ1) is 13.9. The van der Waals surface area contributed by atoms with Crippen LogP contribution < -0.4 is 4.90 Å². The Morgan fingerprint density at radius 2 is 2.11 bits per heavy atom. The molecule has 0 radical (unpaired) electrons. The summed E-state index contributed by atoms with van der Waals surface area (Å²) in [6, 6.07) is 5.48. The van der Waals surface area contributed by atoms with E-state index < -0.39 is 5.97 Å². The lowest BCUT2D eigenvalue weighted by molar-refractivity contribution is 0.0678. The molecule has 1 saturated heterocycles. The molecule has 0 spiro atoms. The van der Waals surface area contributed by atoms with Crippen LogP contribution >= 0.6 is 0 Å². The molecule has 4 heteroatoms. The average Bonchev–Trinajstić information content (AvgIpc) is 2.39. The van der Waals surface area contributed by atoms with Gasteiger partial charge in [0, 0.05) is 26.8 Å². The molecule has 4 nitrogen and oxygen atoms in total. The highest BCUT2D eigenvalue weighted by Crippen LogP contribution is 2.24. The first-order chi connectivity index (χ1) is 9.08. The van der Waals surface area contributed by atoms with Gasteiger partial charge in [-0.05, 0) is 43.4 Å². The number of aromatic carboxylic acids is 1. The Bertz CT molecular complexity index is 453. The molecule has 0 amide bonds. The zero-order valence-corrected chi connectivity index (χ0v) is 11.6. The maximum atomic E-state index is 11.3. The van der Waals surface area contributed by atoms with Crippen LogP contribution in [0.1, 0.15) is 28.8 Å². The summed E-state index contributed by atoms with van der Waals surface area (Å²) in [6.45, 7) is 4.50. The van der Waals surface area contributed by atoms with Gasteiger partial charge in [-0.25, -0.2) is 4.79 Å². The topological polar surface area (TPSA) is 49.8 Å². The fraction of sp³-hybridized carbons (Fsp3) is 0.533. The predicted octanol–water partition coefficient (Wildman–Crippen LogP) is 2.56. The minimum Gasteiger partial charge on any atom is -0.478 e. The molecule has 19 heavy (non-hydrogen) atoms. The number of hydrogen-bond acceptors (Lipinski definition) is 3. The van der Waals surface area contributed by atoms with Crippen molar-refractivity contribution in [3.8, 4) is 0 Å². The third kappa shape index (κ3) is 3.47.